The van der Waals surface area contributed by atoms with Crippen LogP contribution in [0.3, 0.4) is 0 Å². The number of rotatable bonds is 5. The molecule has 0 N–H and O–H groups in total. The molecule has 0 unspecified atom stereocenters. The molecule has 2 heterocycles. The van der Waals surface area contributed by atoms with E-state index < -0.39 is 9.84 Å². The number of amides is 1. The highest BCUT2D eigenvalue weighted by Crippen LogP contribution is 2.23. The molecule has 2 fully saturated rings. The van der Waals surface area contributed by atoms with Gasteiger partial charge in [-0.1, -0.05) is 6.92 Å². The Morgan fingerprint density at radius 2 is 1.87 bits per heavy atom. The summed E-state index contributed by atoms with van der Waals surface area (Å²) >= 11 is 0. The van der Waals surface area contributed by atoms with Crippen molar-refractivity contribution >= 4 is 15.7 Å². The summed E-state index contributed by atoms with van der Waals surface area (Å²) in [7, 11) is -2.86. The zero-order valence-electron chi connectivity index (χ0n) is 14.7. The second kappa shape index (κ2) is 7.94. The lowest BCUT2D eigenvalue weighted by molar-refractivity contribution is -0.128. The fraction of sp³-hybridized carbons (Fsp3) is 0.938. The van der Waals surface area contributed by atoms with Crippen molar-refractivity contribution in [1.29, 1.82) is 0 Å². The van der Waals surface area contributed by atoms with Gasteiger partial charge in [-0.05, 0) is 25.3 Å². The fourth-order valence-electron chi connectivity index (χ4n) is 3.84. The molecule has 2 saturated heterocycles. The van der Waals surface area contributed by atoms with Crippen LogP contribution in [0.25, 0.3) is 0 Å². The number of carbonyl (C=O) groups is 1. The van der Waals surface area contributed by atoms with Gasteiger partial charge >= 0.3 is 0 Å². The Morgan fingerprint density at radius 3 is 2.52 bits per heavy atom. The standard InChI is InChI=1S/C16H31N3O3S/c1-14-12-17(6-5-11-23(3,21)22)13-16(14)19-8-4-7-18(9-10-19)15(2)20/h14,16H,4-13H2,1-3H3/t14-,16-/m1/s1. The molecule has 0 aliphatic carbocycles. The minimum Gasteiger partial charge on any atom is -0.342 e. The Morgan fingerprint density at radius 1 is 1.13 bits per heavy atom. The van der Waals surface area contributed by atoms with Crippen molar-refractivity contribution in [2.24, 2.45) is 5.92 Å². The lowest BCUT2D eigenvalue weighted by Gasteiger charge is -2.30. The molecule has 23 heavy (non-hydrogen) atoms. The molecule has 2 atom stereocenters. The number of likely N-dealkylation sites (tertiary alicyclic amines) is 1. The lowest BCUT2D eigenvalue weighted by atomic mass is 10.0. The Labute approximate surface area is 140 Å². The molecule has 2 aliphatic rings. The zero-order valence-corrected chi connectivity index (χ0v) is 15.5. The van der Waals surface area contributed by atoms with Crippen LogP contribution in [0.1, 0.15) is 26.7 Å². The van der Waals surface area contributed by atoms with Gasteiger partial charge in [0.05, 0.1) is 5.75 Å². The van der Waals surface area contributed by atoms with Crippen molar-refractivity contribution in [3.63, 3.8) is 0 Å². The first-order valence-corrected chi connectivity index (χ1v) is 10.7. The number of nitrogens with zero attached hydrogens (tertiary/aromatic N) is 3. The third-order valence-corrected chi connectivity index (χ3v) is 6.11. The lowest BCUT2D eigenvalue weighted by Crippen LogP contribution is -2.43. The van der Waals surface area contributed by atoms with Crippen LogP contribution < -0.4 is 0 Å². The van der Waals surface area contributed by atoms with Crippen LogP contribution in [0.15, 0.2) is 0 Å². The van der Waals surface area contributed by atoms with Gasteiger partial charge in [0.2, 0.25) is 5.91 Å². The van der Waals surface area contributed by atoms with Gasteiger partial charge in [-0.3, -0.25) is 9.69 Å². The number of hydrogen-bond donors (Lipinski definition) is 0. The van der Waals surface area contributed by atoms with Crippen molar-refractivity contribution in [1.82, 2.24) is 14.7 Å². The molecule has 0 aromatic carbocycles. The highest BCUT2D eigenvalue weighted by Gasteiger charge is 2.34. The Kier molecular flexibility index (Phi) is 6.45. The number of sulfone groups is 1. The average molecular weight is 346 g/mol. The first-order chi connectivity index (χ1) is 10.8. The molecular weight excluding hydrogens is 314 g/mol. The van der Waals surface area contributed by atoms with Crippen molar-refractivity contribution in [2.75, 3.05) is 57.8 Å². The topological polar surface area (TPSA) is 60.9 Å². The monoisotopic (exact) mass is 345 g/mol. The summed E-state index contributed by atoms with van der Waals surface area (Å²) in [5, 5.41) is 0. The molecule has 6 nitrogen and oxygen atoms in total. The van der Waals surface area contributed by atoms with Gasteiger partial charge in [0.1, 0.15) is 9.84 Å². The summed E-state index contributed by atoms with van der Waals surface area (Å²) in [6.45, 7) is 10.6. The largest absolute Gasteiger partial charge is 0.342 e. The molecule has 7 heteroatoms. The van der Waals surface area contributed by atoms with Crippen LogP contribution >= 0.6 is 0 Å². The minimum atomic E-state index is -2.86. The normalized spacial score (nSPS) is 28.0. The van der Waals surface area contributed by atoms with E-state index in [1.165, 1.54) is 6.26 Å². The second-order valence-corrected chi connectivity index (χ2v) is 9.44. The maximum Gasteiger partial charge on any atom is 0.219 e. The minimum absolute atomic E-state index is 0.175. The van der Waals surface area contributed by atoms with Crippen molar-refractivity contribution in [2.45, 2.75) is 32.7 Å². The zero-order chi connectivity index (χ0) is 17.0. The number of carbonyl (C=O) groups excluding carboxylic acids is 1. The summed E-state index contributed by atoms with van der Waals surface area (Å²) in [6, 6.07) is 0.528. The van der Waals surface area contributed by atoms with E-state index in [4.69, 9.17) is 0 Å². The van der Waals surface area contributed by atoms with Gasteiger partial charge in [-0.15, -0.1) is 0 Å². The van der Waals surface area contributed by atoms with E-state index in [-0.39, 0.29) is 11.7 Å². The van der Waals surface area contributed by atoms with E-state index >= 15 is 0 Å². The smallest absolute Gasteiger partial charge is 0.219 e. The molecular formula is C16H31N3O3S. The summed E-state index contributed by atoms with van der Waals surface area (Å²) in [4.78, 5) is 18.4. The maximum atomic E-state index is 11.5. The highest BCUT2D eigenvalue weighted by molar-refractivity contribution is 7.90. The third kappa shape index (κ3) is 5.72. The van der Waals surface area contributed by atoms with Gasteiger partial charge < -0.3 is 9.80 Å². The van der Waals surface area contributed by atoms with Crippen LogP contribution in [-0.4, -0.2) is 92.9 Å². The maximum absolute atomic E-state index is 11.5. The average Bonchev–Trinajstić information content (AvgIpc) is 2.66. The molecule has 0 spiro atoms. The quantitative estimate of drug-likeness (QED) is 0.717. The van der Waals surface area contributed by atoms with E-state index in [2.05, 4.69) is 16.7 Å². The van der Waals surface area contributed by atoms with Crippen LogP contribution in [0, 0.1) is 5.92 Å². The summed E-state index contributed by atoms with van der Waals surface area (Å²) in [6.07, 6.45) is 3.06. The molecule has 0 radical (unpaired) electrons. The molecule has 0 aromatic rings. The van der Waals surface area contributed by atoms with Gasteiger partial charge in [0.15, 0.2) is 0 Å². The van der Waals surface area contributed by atoms with E-state index in [0.29, 0.717) is 12.0 Å². The molecule has 0 bridgehead atoms. The van der Waals surface area contributed by atoms with Crippen molar-refractivity contribution < 1.29 is 13.2 Å². The first-order valence-electron chi connectivity index (χ1n) is 8.66. The van der Waals surface area contributed by atoms with Gasteiger partial charge in [-0.25, -0.2) is 8.42 Å². The van der Waals surface area contributed by atoms with Crippen molar-refractivity contribution in [3.8, 4) is 0 Å². The summed E-state index contributed by atoms with van der Waals surface area (Å²) in [5.74, 6) is 1.05. The SMILES string of the molecule is CC(=O)N1CCCN([C@@H]2CN(CCCS(C)(=O)=O)C[C@H]2C)CC1. The third-order valence-electron chi connectivity index (χ3n) is 5.08. The second-order valence-electron chi connectivity index (χ2n) is 7.18. The van der Waals surface area contributed by atoms with E-state index in [1.54, 1.807) is 6.92 Å². The highest BCUT2D eigenvalue weighted by atomic mass is 32.2. The van der Waals surface area contributed by atoms with Gasteiger partial charge in [-0.2, -0.15) is 0 Å². The molecule has 1 amide bonds. The Bertz CT molecular complexity index is 509. The van der Waals surface area contributed by atoms with Crippen LogP contribution in [0.5, 0.6) is 0 Å². The molecule has 134 valence electrons. The predicted molar refractivity (Wildman–Crippen MR) is 92.2 cm³/mol. The summed E-state index contributed by atoms with van der Waals surface area (Å²) in [5.41, 5.74) is 0. The Hall–Kier alpha value is -0.660. The van der Waals surface area contributed by atoms with E-state index in [1.807, 2.05) is 4.90 Å². The molecule has 2 aliphatic heterocycles. The van der Waals surface area contributed by atoms with E-state index in [0.717, 1.165) is 58.7 Å². The van der Waals surface area contributed by atoms with Gasteiger partial charge in [0, 0.05) is 58.5 Å². The summed E-state index contributed by atoms with van der Waals surface area (Å²) < 4.78 is 22.5. The molecule has 0 aromatic heterocycles. The van der Waals surface area contributed by atoms with Crippen LogP contribution in [-0.2, 0) is 14.6 Å². The van der Waals surface area contributed by atoms with Crippen LogP contribution in [0.2, 0.25) is 0 Å². The van der Waals surface area contributed by atoms with Crippen molar-refractivity contribution in [3.05, 3.63) is 0 Å². The molecule has 0 saturated carbocycles. The van der Waals surface area contributed by atoms with E-state index in [9.17, 15) is 13.2 Å². The fourth-order valence-corrected chi connectivity index (χ4v) is 4.49. The first kappa shape index (κ1) is 18.7. The Balaban J connectivity index is 1.82. The number of hydrogen-bond acceptors (Lipinski definition) is 5. The van der Waals surface area contributed by atoms with Gasteiger partial charge in [0.25, 0.3) is 0 Å². The molecule has 2 rings (SSSR count). The van der Waals surface area contributed by atoms with Crippen LogP contribution in [0.4, 0.5) is 0 Å². The predicted octanol–water partition coefficient (Wildman–Crippen LogP) is 0.296.